The van der Waals surface area contributed by atoms with E-state index in [0.29, 0.717) is 0 Å². The lowest BCUT2D eigenvalue weighted by molar-refractivity contribution is 0.355. The first-order valence-electron chi connectivity index (χ1n) is 5.78. The molecule has 0 bridgehead atoms. The summed E-state index contributed by atoms with van der Waals surface area (Å²) in [5.41, 5.74) is 2.54. The minimum Gasteiger partial charge on any atom is -0.493 e. The summed E-state index contributed by atoms with van der Waals surface area (Å²) in [4.78, 5) is 0. The van der Waals surface area contributed by atoms with E-state index in [1.165, 1.54) is 16.6 Å². The van der Waals surface area contributed by atoms with Gasteiger partial charge in [0.2, 0.25) is 0 Å². The van der Waals surface area contributed by atoms with E-state index in [4.69, 9.17) is 9.47 Å². The summed E-state index contributed by atoms with van der Waals surface area (Å²) < 4.78 is 13.0. The third-order valence-corrected chi connectivity index (χ3v) is 3.31. The average Bonchev–Trinajstić information content (AvgIpc) is 2.74. The van der Waals surface area contributed by atoms with E-state index >= 15 is 0 Å². The molecule has 0 amide bonds. The quantitative estimate of drug-likeness (QED) is 0.857. The number of rotatable bonds is 2. The fourth-order valence-corrected chi connectivity index (χ4v) is 2.46. The van der Waals surface area contributed by atoms with Crippen molar-refractivity contribution < 1.29 is 9.47 Å². The highest BCUT2D eigenvalue weighted by atomic mass is 16.5. The van der Waals surface area contributed by atoms with Crippen molar-refractivity contribution in [3.63, 3.8) is 0 Å². The molecule has 1 aliphatic heterocycles. The second-order valence-corrected chi connectivity index (χ2v) is 4.23. The minimum absolute atomic E-state index is 0.788. The number of nitrogens with zero attached hydrogens (tertiary/aromatic N) is 1. The second kappa shape index (κ2) is 3.96. The highest BCUT2D eigenvalue weighted by Gasteiger charge is 2.15. The topological polar surface area (TPSA) is 35.4 Å². The van der Waals surface area contributed by atoms with Gasteiger partial charge in [-0.2, -0.15) is 0 Å². The minimum atomic E-state index is 0.788. The normalized spacial score (nSPS) is 14.7. The fourth-order valence-electron chi connectivity index (χ4n) is 2.46. The predicted molar refractivity (Wildman–Crippen MR) is 66.7 cm³/mol. The molecule has 4 nitrogen and oxygen atoms in total. The first kappa shape index (κ1) is 10.5. The van der Waals surface area contributed by atoms with Crippen molar-refractivity contribution in [3.05, 3.63) is 23.9 Å². The van der Waals surface area contributed by atoms with E-state index in [2.05, 4.69) is 22.0 Å². The second-order valence-electron chi connectivity index (χ2n) is 4.23. The summed E-state index contributed by atoms with van der Waals surface area (Å²) in [7, 11) is 3.34. The Morgan fingerprint density at radius 2 is 1.88 bits per heavy atom. The van der Waals surface area contributed by atoms with Gasteiger partial charge >= 0.3 is 0 Å². The zero-order valence-electron chi connectivity index (χ0n) is 10.1. The summed E-state index contributed by atoms with van der Waals surface area (Å²) in [6, 6.07) is 6.31. The number of methoxy groups -OCH3 is 2. The Labute approximate surface area is 100 Å². The van der Waals surface area contributed by atoms with Crippen LogP contribution in [0.5, 0.6) is 11.5 Å². The van der Waals surface area contributed by atoms with Crippen molar-refractivity contribution >= 4 is 10.9 Å². The summed E-state index contributed by atoms with van der Waals surface area (Å²) in [5.74, 6) is 1.58. The lowest BCUT2D eigenvalue weighted by Crippen LogP contribution is -2.27. The number of nitrogens with one attached hydrogen (secondary N) is 1. The third-order valence-electron chi connectivity index (χ3n) is 3.31. The van der Waals surface area contributed by atoms with Crippen LogP contribution >= 0.6 is 0 Å². The standard InChI is InChI=1S/C13H16N2O2/c1-16-12-6-9-5-10-8-14-3-4-15(10)11(9)7-13(12)17-2/h5-7,14H,3-4,8H2,1-2H3. The molecule has 0 saturated heterocycles. The molecule has 1 N–H and O–H groups in total. The monoisotopic (exact) mass is 232 g/mol. The third kappa shape index (κ3) is 1.56. The highest BCUT2D eigenvalue weighted by molar-refractivity contribution is 5.85. The van der Waals surface area contributed by atoms with E-state index in [1.54, 1.807) is 14.2 Å². The van der Waals surface area contributed by atoms with Crippen LogP contribution in [-0.2, 0) is 13.1 Å². The molecule has 4 heteroatoms. The molecule has 0 spiro atoms. The lowest BCUT2D eigenvalue weighted by atomic mass is 10.2. The Hall–Kier alpha value is -1.68. The van der Waals surface area contributed by atoms with Crippen LogP contribution in [0.25, 0.3) is 10.9 Å². The van der Waals surface area contributed by atoms with Gasteiger partial charge in [0.1, 0.15) is 0 Å². The van der Waals surface area contributed by atoms with Crippen LogP contribution < -0.4 is 14.8 Å². The zero-order chi connectivity index (χ0) is 11.8. The van der Waals surface area contributed by atoms with Crippen molar-refractivity contribution in [1.29, 1.82) is 0 Å². The Morgan fingerprint density at radius 1 is 1.12 bits per heavy atom. The Bertz CT molecular complexity index is 560. The number of ether oxygens (including phenoxy) is 2. The number of aromatic nitrogens is 1. The van der Waals surface area contributed by atoms with Gasteiger partial charge in [0.05, 0.1) is 19.7 Å². The molecule has 1 aliphatic rings. The van der Waals surface area contributed by atoms with Crippen LogP contribution in [-0.4, -0.2) is 25.3 Å². The SMILES string of the molecule is COc1cc2cc3n(c2cc1OC)CCNC3. The molecule has 2 heterocycles. The van der Waals surface area contributed by atoms with Gasteiger partial charge in [0.25, 0.3) is 0 Å². The molecule has 1 aromatic heterocycles. The number of hydrogen-bond acceptors (Lipinski definition) is 3. The maximum atomic E-state index is 5.35. The fraction of sp³-hybridized carbons (Fsp3) is 0.385. The van der Waals surface area contributed by atoms with E-state index in [1.807, 2.05) is 6.07 Å². The molecule has 0 atom stereocenters. The molecular formula is C13H16N2O2. The van der Waals surface area contributed by atoms with Crippen molar-refractivity contribution in [2.45, 2.75) is 13.1 Å². The van der Waals surface area contributed by atoms with Gasteiger partial charge in [-0.1, -0.05) is 0 Å². The molecule has 2 aromatic rings. The zero-order valence-corrected chi connectivity index (χ0v) is 10.1. The van der Waals surface area contributed by atoms with Crippen molar-refractivity contribution in [2.24, 2.45) is 0 Å². The van der Waals surface area contributed by atoms with Gasteiger partial charge in [0.15, 0.2) is 11.5 Å². The van der Waals surface area contributed by atoms with E-state index in [0.717, 1.165) is 31.1 Å². The van der Waals surface area contributed by atoms with Gasteiger partial charge in [0, 0.05) is 36.8 Å². The Balaban J connectivity index is 2.24. The lowest BCUT2D eigenvalue weighted by Gasteiger charge is -2.17. The van der Waals surface area contributed by atoms with Gasteiger partial charge < -0.3 is 19.4 Å². The molecule has 0 radical (unpaired) electrons. The van der Waals surface area contributed by atoms with Gasteiger partial charge in [-0.3, -0.25) is 0 Å². The molecule has 3 rings (SSSR count). The average molecular weight is 232 g/mol. The van der Waals surface area contributed by atoms with Gasteiger partial charge in [-0.25, -0.2) is 0 Å². The van der Waals surface area contributed by atoms with Crippen LogP contribution in [0.4, 0.5) is 0 Å². The van der Waals surface area contributed by atoms with Gasteiger partial charge in [-0.15, -0.1) is 0 Å². The summed E-state index contributed by atoms with van der Waals surface area (Å²) in [6.07, 6.45) is 0. The first-order chi connectivity index (χ1) is 8.33. The predicted octanol–water partition coefficient (Wildman–Crippen LogP) is 1.76. The molecule has 1 aromatic carbocycles. The molecule has 0 saturated carbocycles. The number of fused-ring (bicyclic) bond motifs is 3. The van der Waals surface area contributed by atoms with Crippen LogP contribution in [0.1, 0.15) is 5.69 Å². The largest absolute Gasteiger partial charge is 0.493 e. The Morgan fingerprint density at radius 3 is 2.65 bits per heavy atom. The molecule has 17 heavy (non-hydrogen) atoms. The molecule has 0 fully saturated rings. The van der Waals surface area contributed by atoms with Crippen molar-refractivity contribution in [2.75, 3.05) is 20.8 Å². The molecular weight excluding hydrogens is 216 g/mol. The molecule has 90 valence electrons. The summed E-state index contributed by atoms with van der Waals surface area (Å²) in [5, 5.41) is 4.59. The summed E-state index contributed by atoms with van der Waals surface area (Å²) in [6.45, 7) is 2.96. The molecule has 0 aliphatic carbocycles. The summed E-state index contributed by atoms with van der Waals surface area (Å²) >= 11 is 0. The van der Waals surface area contributed by atoms with Crippen molar-refractivity contribution in [3.8, 4) is 11.5 Å². The van der Waals surface area contributed by atoms with Gasteiger partial charge in [-0.05, 0) is 12.1 Å². The van der Waals surface area contributed by atoms with Crippen LogP contribution in [0.3, 0.4) is 0 Å². The number of benzene rings is 1. The maximum Gasteiger partial charge on any atom is 0.162 e. The number of hydrogen-bond donors (Lipinski definition) is 1. The maximum absolute atomic E-state index is 5.35. The van der Waals surface area contributed by atoms with Crippen molar-refractivity contribution in [1.82, 2.24) is 9.88 Å². The van der Waals surface area contributed by atoms with E-state index in [-0.39, 0.29) is 0 Å². The smallest absolute Gasteiger partial charge is 0.162 e. The van der Waals surface area contributed by atoms with E-state index in [9.17, 15) is 0 Å². The van der Waals surface area contributed by atoms with Crippen LogP contribution in [0, 0.1) is 0 Å². The highest BCUT2D eigenvalue weighted by Crippen LogP contribution is 2.34. The first-order valence-corrected chi connectivity index (χ1v) is 5.78. The van der Waals surface area contributed by atoms with Crippen LogP contribution in [0.15, 0.2) is 18.2 Å². The Kier molecular flexibility index (Phi) is 2.44. The molecule has 0 unspecified atom stereocenters. The van der Waals surface area contributed by atoms with E-state index < -0.39 is 0 Å². The van der Waals surface area contributed by atoms with Crippen LogP contribution in [0.2, 0.25) is 0 Å².